The third kappa shape index (κ3) is 2.73. The minimum Gasteiger partial charge on any atom is -0.481 e. The summed E-state index contributed by atoms with van der Waals surface area (Å²) in [6.07, 6.45) is 2.32. The Bertz CT molecular complexity index is 503. The van der Waals surface area contributed by atoms with Crippen LogP contribution in [0.2, 0.25) is 0 Å². The zero-order valence-corrected chi connectivity index (χ0v) is 12.4. The number of carboxylic acids is 1. The molecule has 1 saturated carbocycles. The van der Waals surface area contributed by atoms with Gasteiger partial charge in [-0.2, -0.15) is 0 Å². The Morgan fingerprint density at radius 1 is 1.32 bits per heavy atom. The summed E-state index contributed by atoms with van der Waals surface area (Å²) in [6.45, 7) is 5.97. The largest absolute Gasteiger partial charge is 0.481 e. The van der Waals surface area contributed by atoms with Crippen LogP contribution in [-0.2, 0) is 4.79 Å². The van der Waals surface area contributed by atoms with Gasteiger partial charge in [-0.25, -0.2) is 0 Å². The van der Waals surface area contributed by atoms with Gasteiger partial charge in [0.1, 0.15) is 0 Å². The average Bonchev–Trinajstić information content (AvgIpc) is 2.91. The van der Waals surface area contributed by atoms with Crippen molar-refractivity contribution in [3.63, 3.8) is 0 Å². The fraction of sp³-hybridized carbons (Fsp3) is 0.600. The number of carbonyl (C=O) groups excluding carboxylic acids is 1. The number of Topliss-reactive ketones (excluding diaryl/α,β-unsaturated/α-hetero) is 1. The second kappa shape index (κ2) is 5.45. The van der Waals surface area contributed by atoms with Gasteiger partial charge >= 0.3 is 5.97 Å². The van der Waals surface area contributed by atoms with Crippen LogP contribution in [0, 0.1) is 31.6 Å². The molecule has 104 valence electrons. The molecule has 0 amide bonds. The van der Waals surface area contributed by atoms with Gasteiger partial charge < -0.3 is 5.11 Å². The van der Waals surface area contributed by atoms with Crippen molar-refractivity contribution in [1.29, 1.82) is 0 Å². The molecule has 19 heavy (non-hydrogen) atoms. The van der Waals surface area contributed by atoms with Crippen LogP contribution in [-0.4, -0.2) is 16.9 Å². The summed E-state index contributed by atoms with van der Waals surface area (Å²) in [5.74, 6) is -1.24. The van der Waals surface area contributed by atoms with Crippen LogP contribution in [0.3, 0.4) is 0 Å². The Labute approximate surface area is 117 Å². The first kappa shape index (κ1) is 14.3. The third-order valence-corrected chi connectivity index (χ3v) is 5.32. The van der Waals surface area contributed by atoms with Crippen LogP contribution in [0.15, 0.2) is 6.07 Å². The van der Waals surface area contributed by atoms with E-state index in [1.165, 1.54) is 11.3 Å². The molecule has 3 nitrogen and oxygen atoms in total. The van der Waals surface area contributed by atoms with Crippen molar-refractivity contribution in [3.8, 4) is 0 Å². The molecule has 1 aromatic heterocycles. The predicted molar refractivity (Wildman–Crippen MR) is 75.8 cm³/mol. The van der Waals surface area contributed by atoms with Crippen molar-refractivity contribution in [1.82, 2.24) is 0 Å². The summed E-state index contributed by atoms with van der Waals surface area (Å²) < 4.78 is 0. The summed E-state index contributed by atoms with van der Waals surface area (Å²) in [6, 6.07) is 2.00. The number of ketones is 1. The molecule has 1 heterocycles. The summed E-state index contributed by atoms with van der Waals surface area (Å²) >= 11 is 1.49. The Morgan fingerprint density at radius 3 is 2.42 bits per heavy atom. The minimum absolute atomic E-state index is 0.0407. The van der Waals surface area contributed by atoms with Crippen molar-refractivity contribution in [2.24, 2.45) is 17.8 Å². The van der Waals surface area contributed by atoms with E-state index in [1.54, 1.807) is 0 Å². The highest BCUT2D eigenvalue weighted by Gasteiger charge is 2.42. The fourth-order valence-corrected chi connectivity index (χ4v) is 4.12. The van der Waals surface area contributed by atoms with E-state index in [0.717, 1.165) is 28.2 Å². The second-order valence-electron chi connectivity index (χ2n) is 5.53. The Kier molecular flexibility index (Phi) is 4.09. The summed E-state index contributed by atoms with van der Waals surface area (Å²) in [4.78, 5) is 25.8. The van der Waals surface area contributed by atoms with Gasteiger partial charge in [0, 0.05) is 10.8 Å². The average molecular weight is 280 g/mol. The minimum atomic E-state index is -0.819. The van der Waals surface area contributed by atoms with E-state index in [0.29, 0.717) is 12.3 Å². The Balaban J connectivity index is 2.26. The molecule has 2 rings (SSSR count). The van der Waals surface area contributed by atoms with Gasteiger partial charge in [0.05, 0.1) is 10.8 Å². The lowest BCUT2D eigenvalue weighted by Crippen LogP contribution is -2.25. The molecule has 4 heteroatoms. The van der Waals surface area contributed by atoms with E-state index in [9.17, 15) is 14.7 Å². The SMILES string of the molecule is CCC1CC(C(=O)O)C(C(=O)c2sc(C)cc2C)C1. The molecule has 3 atom stereocenters. The van der Waals surface area contributed by atoms with Gasteiger partial charge in [-0.1, -0.05) is 13.3 Å². The molecule has 1 aromatic rings. The number of aliphatic carboxylic acids is 1. The lowest BCUT2D eigenvalue weighted by atomic mass is 9.90. The standard InChI is InChI=1S/C15H20O3S/c1-4-10-6-11(12(7-10)15(17)18)13(16)14-8(2)5-9(3)19-14/h5,10-12H,4,6-7H2,1-3H3,(H,17,18). The lowest BCUT2D eigenvalue weighted by Gasteiger charge is -2.13. The highest BCUT2D eigenvalue weighted by Crippen LogP contribution is 2.41. The highest BCUT2D eigenvalue weighted by molar-refractivity contribution is 7.14. The van der Waals surface area contributed by atoms with Gasteiger partial charge in [-0.15, -0.1) is 11.3 Å². The molecule has 0 aliphatic heterocycles. The predicted octanol–water partition coefficient (Wildman–Crippen LogP) is 3.68. The zero-order chi connectivity index (χ0) is 14.2. The van der Waals surface area contributed by atoms with Crippen LogP contribution in [0.5, 0.6) is 0 Å². The normalized spacial score (nSPS) is 26.6. The molecule has 3 unspecified atom stereocenters. The first-order valence-corrected chi connectivity index (χ1v) is 7.59. The monoisotopic (exact) mass is 280 g/mol. The van der Waals surface area contributed by atoms with Crippen molar-refractivity contribution >= 4 is 23.1 Å². The van der Waals surface area contributed by atoms with Crippen LogP contribution in [0.25, 0.3) is 0 Å². The van der Waals surface area contributed by atoms with Gasteiger partial charge in [0.2, 0.25) is 0 Å². The third-order valence-electron chi connectivity index (χ3n) is 4.16. The van der Waals surface area contributed by atoms with Crippen molar-refractivity contribution in [2.45, 2.75) is 40.0 Å². The molecular weight excluding hydrogens is 260 g/mol. The second-order valence-corrected chi connectivity index (χ2v) is 6.79. The smallest absolute Gasteiger partial charge is 0.307 e. The maximum atomic E-state index is 12.6. The number of hydrogen-bond donors (Lipinski definition) is 1. The van der Waals surface area contributed by atoms with E-state index < -0.39 is 11.9 Å². The van der Waals surface area contributed by atoms with E-state index in [1.807, 2.05) is 19.9 Å². The van der Waals surface area contributed by atoms with E-state index in [4.69, 9.17) is 0 Å². The number of carboxylic acid groups (broad SMARTS) is 1. The maximum Gasteiger partial charge on any atom is 0.307 e. The van der Waals surface area contributed by atoms with Gasteiger partial charge in [0.25, 0.3) is 0 Å². The number of carbonyl (C=O) groups is 2. The van der Waals surface area contributed by atoms with Crippen LogP contribution < -0.4 is 0 Å². The number of rotatable bonds is 4. The van der Waals surface area contributed by atoms with Gasteiger partial charge in [-0.05, 0) is 44.2 Å². The van der Waals surface area contributed by atoms with Crippen molar-refractivity contribution < 1.29 is 14.7 Å². The Morgan fingerprint density at radius 2 is 1.95 bits per heavy atom. The molecule has 1 aliphatic rings. The molecule has 0 spiro atoms. The summed E-state index contributed by atoms with van der Waals surface area (Å²) in [7, 11) is 0. The lowest BCUT2D eigenvalue weighted by molar-refractivity contribution is -0.142. The highest BCUT2D eigenvalue weighted by atomic mass is 32.1. The molecule has 1 N–H and O–H groups in total. The van der Waals surface area contributed by atoms with Crippen LogP contribution in [0.1, 0.15) is 46.3 Å². The first-order chi connectivity index (χ1) is 8.93. The topological polar surface area (TPSA) is 54.4 Å². The van der Waals surface area contributed by atoms with Crippen molar-refractivity contribution in [3.05, 3.63) is 21.4 Å². The van der Waals surface area contributed by atoms with Gasteiger partial charge in [-0.3, -0.25) is 9.59 Å². The number of hydrogen-bond acceptors (Lipinski definition) is 3. The molecule has 1 fully saturated rings. The van der Waals surface area contributed by atoms with E-state index in [-0.39, 0.29) is 11.7 Å². The Hall–Kier alpha value is -1.16. The van der Waals surface area contributed by atoms with Gasteiger partial charge in [0.15, 0.2) is 5.78 Å². The molecule has 0 bridgehead atoms. The van der Waals surface area contributed by atoms with E-state index >= 15 is 0 Å². The summed E-state index contributed by atoms with van der Waals surface area (Å²) in [5, 5.41) is 9.32. The first-order valence-electron chi connectivity index (χ1n) is 6.78. The molecule has 0 aromatic carbocycles. The van der Waals surface area contributed by atoms with Crippen molar-refractivity contribution in [2.75, 3.05) is 0 Å². The maximum absolute atomic E-state index is 12.6. The molecule has 1 aliphatic carbocycles. The molecule has 0 radical (unpaired) electrons. The fourth-order valence-electron chi connectivity index (χ4n) is 3.09. The zero-order valence-electron chi connectivity index (χ0n) is 11.6. The number of thiophene rings is 1. The quantitative estimate of drug-likeness (QED) is 0.856. The number of aryl methyl sites for hydroxylation is 2. The summed E-state index contributed by atoms with van der Waals surface area (Å²) in [5.41, 5.74) is 0.983. The molecule has 0 saturated heterocycles. The van der Waals surface area contributed by atoms with Crippen LogP contribution >= 0.6 is 11.3 Å². The van der Waals surface area contributed by atoms with E-state index in [2.05, 4.69) is 6.92 Å². The molecular formula is C15H20O3S. The van der Waals surface area contributed by atoms with Crippen LogP contribution in [0.4, 0.5) is 0 Å².